The average Bonchev–Trinajstić information content (AvgIpc) is 2.44. The molecule has 0 amide bonds. The molecule has 0 spiro atoms. The molecule has 0 aromatic heterocycles. The van der Waals surface area contributed by atoms with Crippen LogP contribution in [0.5, 0.6) is 0 Å². The predicted molar refractivity (Wildman–Crippen MR) is 73.8 cm³/mol. The minimum absolute atomic E-state index is 0.273. The van der Waals surface area contributed by atoms with Crippen molar-refractivity contribution >= 4 is 0 Å². The van der Waals surface area contributed by atoms with Crippen LogP contribution in [0.4, 0.5) is 8.78 Å². The van der Waals surface area contributed by atoms with Gasteiger partial charge in [-0.05, 0) is 37.2 Å². The van der Waals surface area contributed by atoms with Gasteiger partial charge in [-0.25, -0.2) is 8.78 Å². The van der Waals surface area contributed by atoms with Gasteiger partial charge in [0.1, 0.15) is 0 Å². The van der Waals surface area contributed by atoms with E-state index in [1.165, 1.54) is 6.42 Å². The molecule has 3 unspecified atom stereocenters. The Labute approximate surface area is 114 Å². The first kappa shape index (κ1) is 14.4. The Morgan fingerprint density at radius 2 is 2.00 bits per heavy atom. The van der Waals surface area contributed by atoms with E-state index in [0.29, 0.717) is 17.0 Å². The van der Waals surface area contributed by atoms with Gasteiger partial charge in [0.2, 0.25) is 0 Å². The summed E-state index contributed by atoms with van der Waals surface area (Å²) in [7, 11) is 0. The summed E-state index contributed by atoms with van der Waals surface area (Å²) in [5.74, 6) is -0.555. The molecule has 1 fully saturated rings. The Bertz CT molecular complexity index is 445. The van der Waals surface area contributed by atoms with E-state index in [0.717, 1.165) is 25.7 Å². The smallest absolute Gasteiger partial charge is 0.163 e. The van der Waals surface area contributed by atoms with Gasteiger partial charge in [-0.3, -0.25) is 0 Å². The standard InChI is InChI=1S/C16H23F2N/c1-3-11-5-4-6-12(9-11)16(19)13-8-7-10(2)14(17)15(13)18/h7-8,11-12,16H,3-6,9,19H2,1-2H3. The second-order valence-corrected chi connectivity index (χ2v) is 5.83. The summed E-state index contributed by atoms with van der Waals surface area (Å²) < 4.78 is 27.6. The highest BCUT2D eigenvalue weighted by molar-refractivity contribution is 5.28. The second-order valence-electron chi connectivity index (χ2n) is 5.83. The maximum Gasteiger partial charge on any atom is 0.163 e. The van der Waals surface area contributed by atoms with Gasteiger partial charge < -0.3 is 5.73 Å². The summed E-state index contributed by atoms with van der Waals surface area (Å²) in [4.78, 5) is 0. The fourth-order valence-corrected chi connectivity index (χ4v) is 3.20. The third-order valence-corrected chi connectivity index (χ3v) is 4.57. The van der Waals surface area contributed by atoms with Crippen LogP contribution in [0.1, 0.15) is 56.2 Å². The first-order chi connectivity index (χ1) is 9.04. The van der Waals surface area contributed by atoms with E-state index in [-0.39, 0.29) is 12.0 Å². The molecule has 106 valence electrons. The molecule has 2 N–H and O–H groups in total. The number of aryl methyl sites for hydroxylation is 1. The molecule has 1 aromatic rings. The lowest BCUT2D eigenvalue weighted by molar-refractivity contribution is 0.227. The van der Waals surface area contributed by atoms with Crippen LogP contribution in [-0.4, -0.2) is 0 Å². The van der Waals surface area contributed by atoms with Crippen LogP contribution in [0.2, 0.25) is 0 Å². The molecule has 1 aliphatic carbocycles. The summed E-state index contributed by atoms with van der Waals surface area (Å²) in [6, 6.07) is 2.88. The molecule has 2 rings (SSSR count). The maximum atomic E-state index is 14.0. The van der Waals surface area contributed by atoms with Gasteiger partial charge in [0.25, 0.3) is 0 Å². The number of hydrogen-bond donors (Lipinski definition) is 1. The van der Waals surface area contributed by atoms with Gasteiger partial charge in [-0.2, -0.15) is 0 Å². The summed E-state index contributed by atoms with van der Waals surface area (Å²) in [5.41, 5.74) is 6.87. The predicted octanol–water partition coefficient (Wildman–Crippen LogP) is 4.49. The summed E-state index contributed by atoms with van der Waals surface area (Å²) in [5, 5.41) is 0. The Morgan fingerprint density at radius 1 is 1.26 bits per heavy atom. The molecule has 19 heavy (non-hydrogen) atoms. The lowest BCUT2D eigenvalue weighted by Gasteiger charge is -2.32. The maximum absolute atomic E-state index is 14.0. The third kappa shape index (κ3) is 2.97. The summed E-state index contributed by atoms with van der Waals surface area (Å²) >= 11 is 0. The number of benzene rings is 1. The van der Waals surface area contributed by atoms with Crippen molar-refractivity contribution in [2.45, 2.75) is 52.0 Å². The van der Waals surface area contributed by atoms with Gasteiger partial charge in [-0.1, -0.05) is 38.3 Å². The molecule has 0 aliphatic heterocycles. The Kier molecular flexibility index (Phi) is 4.56. The van der Waals surface area contributed by atoms with Crippen LogP contribution in [0.25, 0.3) is 0 Å². The zero-order valence-electron chi connectivity index (χ0n) is 11.8. The van der Waals surface area contributed by atoms with Crippen molar-refractivity contribution in [3.05, 3.63) is 34.9 Å². The minimum Gasteiger partial charge on any atom is -0.324 e. The molecular formula is C16H23F2N. The molecule has 3 heteroatoms. The van der Waals surface area contributed by atoms with Gasteiger partial charge in [0.15, 0.2) is 11.6 Å². The third-order valence-electron chi connectivity index (χ3n) is 4.57. The van der Waals surface area contributed by atoms with E-state index < -0.39 is 11.6 Å². The highest BCUT2D eigenvalue weighted by Gasteiger charge is 2.28. The second kappa shape index (κ2) is 6.00. The van der Waals surface area contributed by atoms with Crippen LogP contribution in [-0.2, 0) is 0 Å². The number of rotatable bonds is 3. The van der Waals surface area contributed by atoms with E-state index >= 15 is 0 Å². The lowest BCUT2D eigenvalue weighted by atomic mass is 9.75. The number of hydrogen-bond acceptors (Lipinski definition) is 1. The van der Waals surface area contributed by atoms with Crippen LogP contribution in [0.15, 0.2) is 12.1 Å². The van der Waals surface area contributed by atoms with Crippen molar-refractivity contribution in [1.29, 1.82) is 0 Å². The average molecular weight is 267 g/mol. The number of halogens is 2. The lowest BCUT2D eigenvalue weighted by Crippen LogP contribution is -2.27. The largest absolute Gasteiger partial charge is 0.324 e. The molecule has 0 bridgehead atoms. The van der Waals surface area contributed by atoms with Crippen LogP contribution < -0.4 is 5.73 Å². The summed E-state index contributed by atoms with van der Waals surface area (Å²) in [6.07, 6.45) is 5.59. The van der Waals surface area contributed by atoms with E-state index in [1.807, 2.05) is 0 Å². The van der Waals surface area contributed by atoms with Crippen molar-refractivity contribution in [3.63, 3.8) is 0 Å². The highest BCUT2D eigenvalue weighted by atomic mass is 19.2. The molecule has 0 radical (unpaired) electrons. The van der Waals surface area contributed by atoms with Gasteiger partial charge in [0.05, 0.1) is 0 Å². The van der Waals surface area contributed by atoms with Crippen molar-refractivity contribution < 1.29 is 8.78 Å². The molecule has 0 heterocycles. The quantitative estimate of drug-likeness (QED) is 0.858. The Morgan fingerprint density at radius 3 is 2.68 bits per heavy atom. The van der Waals surface area contributed by atoms with Crippen LogP contribution in [0, 0.1) is 30.4 Å². The van der Waals surface area contributed by atoms with E-state index in [4.69, 9.17) is 5.73 Å². The molecule has 3 atom stereocenters. The van der Waals surface area contributed by atoms with E-state index in [2.05, 4.69) is 6.92 Å². The molecule has 0 saturated heterocycles. The highest BCUT2D eigenvalue weighted by Crippen LogP contribution is 2.38. The summed E-state index contributed by atoms with van der Waals surface area (Å²) in [6.45, 7) is 3.76. The first-order valence-electron chi connectivity index (χ1n) is 7.24. The molecular weight excluding hydrogens is 244 g/mol. The zero-order chi connectivity index (χ0) is 14.0. The van der Waals surface area contributed by atoms with Gasteiger partial charge in [0, 0.05) is 11.6 Å². The monoisotopic (exact) mass is 267 g/mol. The minimum atomic E-state index is -0.758. The topological polar surface area (TPSA) is 26.0 Å². The van der Waals surface area contributed by atoms with Crippen LogP contribution >= 0.6 is 0 Å². The SMILES string of the molecule is CCC1CCCC(C(N)c2ccc(C)c(F)c2F)C1. The normalized spacial score (nSPS) is 25.3. The van der Waals surface area contributed by atoms with Crippen molar-refractivity contribution in [3.8, 4) is 0 Å². The molecule has 1 saturated carbocycles. The van der Waals surface area contributed by atoms with E-state index in [9.17, 15) is 8.78 Å². The van der Waals surface area contributed by atoms with Crippen molar-refractivity contribution in [2.75, 3.05) is 0 Å². The fraction of sp³-hybridized carbons (Fsp3) is 0.625. The Hall–Kier alpha value is -0.960. The van der Waals surface area contributed by atoms with E-state index in [1.54, 1.807) is 19.1 Å². The zero-order valence-corrected chi connectivity index (χ0v) is 11.8. The first-order valence-corrected chi connectivity index (χ1v) is 7.24. The Balaban J connectivity index is 2.19. The fourth-order valence-electron chi connectivity index (χ4n) is 3.20. The van der Waals surface area contributed by atoms with Crippen LogP contribution in [0.3, 0.4) is 0 Å². The molecule has 1 nitrogen and oxygen atoms in total. The molecule has 1 aromatic carbocycles. The number of nitrogens with two attached hydrogens (primary N) is 1. The van der Waals surface area contributed by atoms with Crippen molar-refractivity contribution in [2.24, 2.45) is 17.6 Å². The molecule has 1 aliphatic rings. The van der Waals surface area contributed by atoms with Gasteiger partial charge >= 0.3 is 0 Å². The van der Waals surface area contributed by atoms with Crippen molar-refractivity contribution in [1.82, 2.24) is 0 Å². The van der Waals surface area contributed by atoms with Gasteiger partial charge in [-0.15, -0.1) is 0 Å².